The number of likely N-dealkylation sites (tertiary alicyclic amines) is 3. The Labute approximate surface area is 456 Å². The smallest absolute Gasteiger partial charge is 0.246 e. The number of unbranched alkanes of at least 4 members (excludes halogenated alkanes) is 2. The van der Waals surface area contributed by atoms with Crippen LogP contribution in [0.15, 0.2) is 30.3 Å². The van der Waals surface area contributed by atoms with Crippen LogP contribution in [0.25, 0.3) is 0 Å². The Morgan fingerprint density at radius 3 is 1.58 bits per heavy atom. The Balaban J connectivity index is 1.53. The minimum atomic E-state index is -1.05. The maximum atomic E-state index is 15.1. The van der Waals surface area contributed by atoms with Gasteiger partial charge in [-0.1, -0.05) is 98.6 Å². The van der Waals surface area contributed by atoms with Crippen LogP contribution in [-0.2, 0) is 44.8 Å². The molecule has 0 bridgehead atoms. The lowest BCUT2D eigenvalue weighted by atomic mass is 9.92. The number of benzene rings is 1. The average Bonchev–Trinajstić information content (AvgIpc) is 4.18. The zero-order chi connectivity index (χ0) is 56.9. The average molecular weight is 1060 g/mol. The molecule has 1 aromatic carbocycles. The number of likely N-dealkylation sites (N-methyl/N-ethyl adjacent to an activating group) is 5. The molecule has 0 aromatic heterocycles. The van der Waals surface area contributed by atoms with E-state index in [-0.39, 0.29) is 41.8 Å². The molecule has 424 valence electrons. The van der Waals surface area contributed by atoms with Gasteiger partial charge in [-0.15, -0.1) is 12.3 Å². The van der Waals surface area contributed by atoms with Crippen molar-refractivity contribution in [2.24, 2.45) is 29.6 Å². The molecule has 10 atom stereocenters. The van der Waals surface area contributed by atoms with Crippen LogP contribution < -0.4 is 0 Å². The van der Waals surface area contributed by atoms with Crippen LogP contribution in [0.2, 0.25) is 0 Å². The lowest BCUT2D eigenvalue weighted by molar-refractivity contribution is -0.158. The van der Waals surface area contributed by atoms with Crippen LogP contribution in [0.3, 0.4) is 0 Å². The third-order valence-corrected chi connectivity index (χ3v) is 16.7. The monoisotopic (exact) mass is 1060 g/mol. The number of amides is 7. The predicted octanol–water partition coefficient (Wildman–Crippen LogP) is 6.24. The van der Waals surface area contributed by atoms with E-state index in [4.69, 9.17) is 6.42 Å². The summed E-state index contributed by atoms with van der Waals surface area (Å²) in [6.07, 6.45) is 14.2. The third-order valence-electron chi connectivity index (χ3n) is 16.7. The molecule has 3 aliphatic rings. The Hall–Kier alpha value is -5.30. The van der Waals surface area contributed by atoms with Crippen LogP contribution in [0.1, 0.15) is 145 Å². The summed E-state index contributed by atoms with van der Waals surface area (Å²) < 4.78 is 0. The molecule has 0 saturated carbocycles. The molecule has 1 unspecified atom stereocenters. The minimum Gasteiger partial charge on any atom is -0.332 e. The first kappa shape index (κ1) is 63.2. The Morgan fingerprint density at radius 2 is 1.07 bits per heavy atom. The molecule has 16 heteroatoms. The topological polar surface area (TPSA) is 162 Å². The molecule has 76 heavy (non-hydrogen) atoms. The van der Waals surface area contributed by atoms with Crippen molar-refractivity contribution in [3.63, 3.8) is 0 Å². The first-order chi connectivity index (χ1) is 35.8. The molecule has 3 fully saturated rings. The van der Waals surface area contributed by atoms with E-state index in [2.05, 4.69) is 24.7 Å². The number of carbonyl (C=O) groups is 8. The van der Waals surface area contributed by atoms with Crippen LogP contribution in [0.4, 0.5) is 0 Å². The maximum absolute atomic E-state index is 15.1. The van der Waals surface area contributed by atoms with E-state index < -0.39 is 77.9 Å². The zero-order valence-corrected chi connectivity index (χ0v) is 49.1. The molecular weight excluding hydrogens is 961 g/mol. The first-order valence-corrected chi connectivity index (χ1v) is 28.4. The highest BCUT2D eigenvalue weighted by molar-refractivity contribution is 5.98. The molecule has 3 aliphatic heterocycles. The van der Waals surface area contributed by atoms with Gasteiger partial charge in [-0.05, 0) is 107 Å². The highest BCUT2D eigenvalue weighted by Crippen LogP contribution is 2.30. The minimum absolute atomic E-state index is 0.0794. The fourth-order valence-corrected chi connectivity index (χ4v) is 12.4. The molecule has 3 heterocycles. The van der Waals surface area contributed by atoms with Gasteiger partial charge in [0.2, 0.25) is 41.4 Å². The molecule has 4 rings (SSSR count). The number of hydrogen-bond acceptors (Lipinski definition) is 9. The Morgan fingerprint density at radius 1 is 0.592 bits per heavy atom. The van der Waals surface area contributed by atoms with Crippen LogP contribution >= 0.6 is 0 Å². The first-order valence-electron chi connectivity index (χ1n) is 28.4. The highest BCUT2D eigenvalue weighted by atomic mass is 16.2. The van der Waals surface area contributed by atoms with Gasteiger partial charge in [-0.2, -0.15) is 0 Å². The molecule has 0 spiro atoms. The highest BCUT2D eigenvalue weighted by Gasteiger charge is 2.48. The number of terminal acetylenes is 1. The fraction of sp³-hybridized carbons (Fsp3) is 0.733. The quantitative estimate of drug-likeness (QED) is 0.0773. The normalized spacial score (nSPS) is 20.5. The van der Waals surface area contributed by atoms with Crippen molar-refractivity contribution in [3.05, 3.63) is 35.9 Å². The third kappa shape index (κ3) is 15.5. The Kier molecular flexibility index (Phi) is 24.0. The zero-order valence-electron chi connectivity index (χ0n) is 49.1. The summed E-state index contributed by atoms with van der Waals surface area (Å²) in [5.41, 5.74) is 0.812. The van der Waals surface area contributed by atoms with Gasteiger partial charge in [0.15, 0.2) is 5.78 Å². The molecule has 1 aromatic rings. The predicted molar refractivity (Wildman–Crippen MR) is 298 cm³/mol. The summed E-state index contributed by atoms with van der Waals surface area (Å²) >= 11 is 0. The van der Waals surface area contributed by atoms with Crippen LogP contribution in [0.5, 0.6) is 0 Å². The van der Waals surface area contributed by atoms with Gasteiger partial charge in [-0.3, -0.25) is 43.3 Å². The molecule has 0 radical (unpaired) electrons. The summed E-state index contributed by atoms with van der Waals surface area (Å²) in [7, 11) is 8.26. The van der Waals surface area contributed by atoms with Crippen molar-refractivity contribution in [1.82, 2.24) is 39.2 Å². The Bertz CT molecular complexity index is 2200. The second-order valence-corrected chi connectivity index (χ2v) is 23.8. The van der Waals surface area contributed by atoms with Crippen molar-refractivity contribution in [2.75, 3.05) is 61.4 Å². The van der Waals surface area contributed by atoms with Crippen molar-refractivity contribution in [2.45, 2.75) is 195 Å². The number of carbonyl (C=O) groups excluding carboxylic acids is 8. The molecule has 3 saturated heterocycles. The van der Waals surface area contributed by atoms with Gasteiger partial charge in [0.25, 0.3) is 0 Å². The molecular formula is C60H96N8O8. The van der Waals surface area contributed by atoms with E-state index in [1.54, 1.807) is 42.9 Å². The summed E-state index contributed by atoms with van der Waals surface area (Å²) in [5, 5.41) is 0. The fourth-order valence-electron chi connectivity index (χ4n) is 12.4. The summed E-state index contributed by atoms with van der Waals surface area (Å²) in [5.74, 6) is -0.116. The summed E-state index contributed by atoms with van der Waals surface area (Å²) in [6, 6.07) is 2.80. The number of hydrogen-bond donors (Lipinski definition) is 0. The van der Waals surface area contributed by atoms with Crippen molar-refractivity contribution < 1.29 is 38.4 Å². The van der Waals surface area contributed by atoms with Gasteiger partial charge in [-0.25, -0.2) is 0 Å². The lowest BCUT2D eigenvalue weighted by Gasteiger charge is -2.42. The standard InChI is InChI=1S/C60H96N8O8/c1-17-18-19-21-27-42(8)36-43(9)38-61(12)44(10)54(70)67-34-25-31-48(67)55(71)63(14)52(40(4)5)59(75)65(16)53(41(6)7)60(76)64(15)51(39(2)3)58(74)62(13)50(37-46-28-22-20-23-29-46)57(73)68-35-26-32-49(68)56(72)66-33-24-30-47(66)45(11)69/h1,20,22-23,28-29,39-44,47-53H,18-19,21,24-27,30-38H2,2-16H3/t42-,43+,44-,47?,48-,49-,50-,51-,52-,53-/m0/s1. The van der Waals surface area contributed by atoms with Crippen molar-refractivity contribution >= 4 is 47.1 Å². The SMILES string of the molecule is C#CCCCC[C@H](C)C[C@@H](C)CN(C)[C@@H](C)C(=O)N1CCC[C@H]1C(=O)N(C)[C@H](C(=O)N(C)[C@H](C(=O)N(C)[C@H](C(=O)N(C)[C@@H](Cc1ccccc1)C(=O)N1CCC[C@H]1C(=O)N1CCCC1C(C)=O)C(C)C)C(C)C)C(C)C. The van der Waals surface area contributed by atoms with Crippen LogP contribution in [0, 0.1) is 41.9 Å². The van der Waals surface area contributed by atoms with Crippen molar-refractivity contribution in [3.8, 4) is 12.3 Å². The summed E-state index contributed by atoms with van der Waals surface area (Å²) in [6.45, 7) is 20.9. The summed E-state index contributed by atoms with van der Waals surface area (Å²) in [4.78, 5) is 128. The lowest BCUT2D eigenvalue weighted by Crippen LogP contribution is -2.62. The van der Waals surface area contributed by atoms with Gasteiger partial charge in [0.05, 0.1) is 12.1 Å². The van der Waals surface area contributed by atoms with Gasteiger partial charge in [0.1, 0.15) is 36.3 Å². The van der Waals surface area contributed by atoms with Crippen LogP contribution in [-0.4, -0.2) is 196 Å². The van der Waals surface area contributed by atoms with E-state index in [1.165, 1.54) is 26.5 Å². The van der Waals surface area contributed by atoms with E-state index in [1.807, 2.05) is 85.8 Å². The second kappa shape index (κ2) is 28.9. The van der Waals surface area contributed by atoms with E-state index >= 15 is 9.59 Å². The maximum Gasteiger partial charge on any atom is 0.246 e. The molecule has 0 aliphatic carbocycles. The van der Waals surface area contributed by atoms with E-state index in [0.717, 1.165) is 44.2 Å². The number of rotatable bonds is 26. The van der Waals surface area contributed by atoms with E-state index in [0.29, 0.717) is 70.0 Å². The van der Waals surface area contributed by atoms with Gasteiger partial charge >= 0.3 is 0 Å². The van der Waals surface area contributed by atoms with Crippen molar-refractivity contribution in [1.29, 1.82) is 0 Å². The number of Topliss-reactive ketones (excluding diaryl/α,β-unsaturated/α-hetero) is 1. The number of nitrogens with zero attached hydrogens (tertiary/aromatic N) is 8. The molecule has 0 N–H and O–H groups in total. The van der Waals surface area contributed by atoms with Gasteiger partial charge < -0.3 is 34.3 Å². The van der Waals surface area contributed by atoms with Gasteiger partial charge in [0, 0.05) is 67.2 Å². The number of ketones is 1. The molecule has 16 nitrogen and oxygen atoms in total. The second-order valence-electron chi connectivity index (χ2n) is 23.8. The van der Waals surface area contributed by atoms with E-state index in [9.17, 15) is 28.8 Å². The molecule has 7 amide bonds. The largest absolute Gasteiger partial charge is 0.332 e.